The molecule has 1 unspecified atom stereocenters. The fourth-order valence-corrected chi connectivity index (χ4v) is 1.44. The molecule has 0 fully saturated rings. The second-order valence-corrected chi connectivity index (χ2v) is 4.00. The Labute approximate surface area is 102 Å². The lowest BCUT2D eigenvalue weighted by molar-refractivity contribution is -0.121. The van der Waals surface area contributed by atoms with E-state index in [1.165, 1.54) is 0 Å². The Morgan fingerprint density at radius 1 is 1.53 bits per heavy atom. The van der Waals surface area contributed by atoms with Crippen LogP contribution in [0.4, 0.5) is 0 Å². The molecule has 0 heterocycles. The monoisotopic (exact) mass is 236 g/mol. The van der Waals surface area contributed by atoms with E-state index in [2.05, 4.69) is 5.32 Å². The SMILES string of the molecule is CCC(N)CC(=O)NCc1cccc(OC)c1. The van der Waals surface area contributed by atoms with Crippen LogP contribution in [0.15, 0.2) is 24.3 Å². The van der Waals surface area contributed by atoms with E-state index in [4.69, 9.17) is 10.5 Å². The number of benzene rings is 1. The van der Waals surface area contributed by atoms with E-state index in [1.807, 2.05) is 31.2 Å². The van der Waals surface area contributed by atoms with Gasteiger partial charge >= 0.3 is 0 Å². The normalized spacial score (nSPS) is 11.9. The second kappa shape index (κ2) is 6.91. The highest BCUT2D eigenvalue weighted by molar-refractivity contribution is 5.76. The Balaban J connectivity index is 2.41. The molecule has 1 atom stereocenters. The van der Waals surface area contributed by atoms with Crippen LogP contribution in [0, 0.1) is 0 Å². The number of nitrogens with two attached hydrogens (primary N) is 1. The number of carbonyl (C=O) groups is 1. The van der Waals surface area contributed by atoms with Crippen molar-refractivity contribution < 1.29 is 9.53 Å². The maximum atomic E-state index is 11.5. The zero-order valence-electron chi connectivity index (χ0n) is 10.4. The summed E-state index contributed by atoms with van der Waals surface area (Å²) in [7, 11) is 1.62. The van der Waals surface area contributed by atoms with Gasteiger partial charge in [0.15, 0.2) is 0 Å². The highest BCUT2D eigenvalue weighted by Gasteiger charge is 2.07. The Morgan fingerprint density at radius 3 is 2.94 bits per heavy atom. The predicted molar refractivity (Wildman–Crippen MR) is 67.7 cm³/mol. The smallest absolute Gasteiger partial charge is 0.221 e. The van der Waals surface area contributed by atoms with Gasteiger partial charge in [0, 0.05) is 19.0 Å². The van der Waals surface area contributed by atoms with E-state index in [0.717, 1.165) is 17.7 Å². The molecular formula is C13H20N2O2. The van der Waals surface area contributed by atoms with Gasteiger partial charge < -0.3 is 15.8 Å². The summed E-state index contributed by atoms with van der Waals surface area (Å²) >= 11 is 0. The van der Waals surface area contributed by atoms with E-state index in [-0.39, 0.29) is 11.9 Å². The molecule has 4 nitrogen and oxygen atoms in total. The summed E-state index contributed by atoms with van der Waals surface area (Å²) < 4.78 is 5.11. The molecule has 4 heteroatoms. The minimum Gasteiger partial charge on any atom is -0.497 e. The lowest BCUT2D eigenvalue weighted by Gasteiger charge is -2.10. The quantitative estimate of drug-likeness (QED) is 0.785. The minimum atomic E-state index is -0.0553. The summed E-state index contributed by atoms with van der Waals surface area (Å²) in [6, 6.07) is 7.57. The molecule has 3 N–H and O–H groups in total. The van der Waals surface area contributed by atoms with Crippen molar-refractivity contribution in [2.45, 2.75) is 32.4 Å². The molecular weight excluding hydrogens is 216 g/mol. The van der Waals surface area contributed by atoms with Gasteiger partial charge in [-0.15, -0.1) is 0 Å². The van der Waals surface area contributed by atoms with Crippen LogP contribution in [0.25, 0.3) is 0 Å². The van der Waals surface area contributed by atoms with Crippen LogP contribution in [0.3, 0.4) is 0 Å². The molecule has 0 radical (unpaired) electrons. The first kappa shape index (κ1) is 13.5. The highest BCUT2D eigenvalue weighted by atomic mass is 16.5. The molecule has 0 aromatic heterocycles. The van der Waals surface area contributed by atoms with Crippen molar-refractivity contribution in [3.8, 4) is 5.75 Å². The van der Waals surface area contributed by atoms with Gasteiger partial charge in [-0.1, -0.05) is 19.1 Å². The van der Waals surface area contributed by atoms with E-state index >= 15 is 0 Å². The van der Waals surface area contributed by atoms with Crippen LogP contribution in [0.2, 0.25) is 0 Å². The average Bonchev–Trinajstić information content (AvgIpc) is 2.36. The summed E-state index contributed by atoms with van der Waals surface area (Å²) in [5, 5.41) is 2.84. The lowest BCUT2D eigenvalue weighted by Crippen LogP contribution is -2.30. The standard InChI is InChI=1S/C13H20N2O2/c1-3-11(14)8-13(16)15-9-10-5-4-6-12(7-10)17-2/h4-7,11H,3,8-9,14H2,1-2H3,(H,15,16). The third-order valence-electron chi connectivity index (χ3n) is 2.60. The van der Waals surface area contributed by atoms with Crippen LogP contribution in [-0.2, 0) is 11.3 Å². The number of carbonyl (C=O) groups excluding carboxylic acids is 1. The Kier molecular flexibility index (Phi) is 5.49. The van der Waals surface area contributed by atoms with Gasteiger partial charge in [0.2, 0.25) is 5.91 Å². The molecule has 1 rings (SSSR count). The molecule has 1 aromatic rings. The van der Waals surface area contributed by atoms with Crippen molar-refractivity contribution in [1.29, 1.82) is 0 Å². The molecule has 0 bridgehead atoms. The van der Waals surface area contributed by atoms with Crippen molar-refractivity contribution >= 4 is 5.91 Å². The summed E-state index contributed by atoms with van der Waals surface area (Å²) in [4.78, 5) is 11.5. The largest absolute Gasteiger partial charge is 0.497 e. The molecule has 0 aliphatic rings. The molecule has 0 saturated carbocycles. The van der Waals surface area contributed by atoms with Crippen LogP contribution in [0.5, 0.6) is 5.75 Å². The van der Waals surface area contributed by atoms with Gasteiger partial charge in [-0.3, -0.25) is 4.79 Å². The van der Waals surface area contributed by atoms with Gasteiger partial charge in [0.05, 0.1) is 7.11 Å². The third kappa shape index (κ3) is 4.87. The number of nitrogens with one attached hydrogen (secondary N) is 1. The maximum Gasteiger partial charge on any atom is 0.221 e. The number of rotatable bonds is 6. The molecule has 17 heavy (non-hydrogen) atoms. The number of hydrogen-bond acceptors (Lipinski definition) is 3. The first-order chi connectivity index (χ1) is 8.15. The molecule has 0 spiro atoms. The molecule has 0 aliphatic heterocycles. The Morgan fingerprint density at radius 2 is 2.29 bits per heavy atom. The van der Waals surface area contributed by atoms with Crippen molar-refractivity contribution in [3.63, 3.8) is 0 Å². The fourth-order valence-electron chi connectivity index (χ4n) is 1.44. The van der Waals surface area contributed by atoms with E-state index < -0.39 is 0 Å². The zero-order valence-corrected chi connectivity index (χ0v) is 10.4. The van der Waals surface area contributed by atoms with E-state index in [0.29, 0.717) is 13.0 Å². The van der Waals surface area contributed by atoms with Crippen molar-refractivity contribution in [1.82, 2.24) is 5.32 Å². The van der Waals surface area contributed by atoms with Gasteiger partial charge in [0.1, 0.15) is 5.75 Å². The average molecular weight is 236 g/mol. The van der Waals surface area contributed by atoms with Crippen molar-refractivity contribution in [3.05, 3.63) is 29.8 Å². The predicted octanol–water partition coefficient (Wildman–Crippen LogP) is 1.44. The van der Waals surface area contributed by atoms with Gasteiger partial charge in [0.25, 0.3) is 0 Å². The van der Waals surface area contributed by atoms with Crippen LogP contribution >= 0.6 is 0 Å². The zero-order chi connectivity index (χ0) is 12.7. The van der Waals surface area contributed by atoms with E-state index in [9.17, 15) is 4.79 Å². The van der Waals surface area contributed by atoms with Crippen molar-refractivity contribution in [2.24, 2.45) is 5.73 Å². The summed E-state index contributed by atoms with van der Waals surface area (Å²) in [6.07, 6.45) is 1.19. The van der Waals surface area contributed by atoms with Gasteiger partial charge in [-0.05, 0) is 24.1 Å². The second-order valence-electron chi connectivity index (χ2n) is 4.00. The maximum absolute atomic E-state index is 11.5. The topological polar surface area (TPSA) is 64.4 Å². The van der Waals surface area contributed by atoms with E-state index in [1.54, 1.807) is 7.11 Å². The number of methoxy groups -OCH3 is 1. The fraction of sp³-hybridized carbons (Fsp3) is 0.462. The Bertz CT molecular complexity index is 366. The van der Waals surface area contributed by atoms with Crippen LogP contribution in [0.1, 0.15) is 25.3 Å². The first-order valence-corrected chi connectivity index (χ1v) is 5.81. The van der Waals surface area contributed by atoms with Crippen LogP contribution in [-0.4, -0.2) is 19.1 Å². The first-order valence-electron chi connectivity index (χ1n) is 5.81. The summed E-state index contributed by atoms with van der Waals surface area (Å²) in [5.74, 6) is 0.782. The number of hydrogen-bond donors (Lipinski definition) is 2. The van der Waals surface area contributed by atoms with Crippen molar-refractivity contribution in [2.75, 3.05) is 7.11 Å². The third-order valence-corrected chi connectivity index (χ3v) is 2.60. The number of ether oxygens (including phenoxy) is 1. The molecule has 0 aliphatic carbocycles. The molecule has 1 aromatic carbocycles. The summed E-state index contributed by atoms with van der Waals surface area (Å²) in [6.45, 7) is 2.48. The Hall–Kier alpha value is -1.55. The molecule has 94 valence electrons. The molecule has 0 saturated heterocycles. The number of amides is 1. The summed E-state index contributed by atoms with van der Waals surface area (Å²) in [5.41, 5.74) is 6.72. The lowest BCUT2D eigenvalue weighted by atomic mass is 10.1. The van der Waals surface area contributed by atoms with Crippen LogP contribution < -0.4 is 15.8 Å². The van der Waals surface area contributed by atoms with Gasteiger partial charge in [-0.25, -0.2) is 0 Å². The van der Waals surface area contributed by atoms with Gasteiger partial charge in [-0.2, -0.15) is 0 Å². The minimum absolute atomic E-state index is 0.0119. The highest BCUT2D eigenvalue weighted by Crippen LogP contribution is 2.12. The molecule has 1 amide bonds.